The largest absolute Gasteiger partial charge is 0.444 e. The van der Waals surface area contributed by atoms with Crippen molar-refractivity contribution in [2.24, 2.45) is 5.92 Å². The summed E-state index contributed by atoms with van der Waals surface area (Å²) in [6.45, 7) is 7.66. The lowest BCUT2D eigenvalue weighted by Crippen LogP contribution is -2.51. The van der Waals surface area contributed by atoms with Gasteiger partial charge in [-0.05, 0) is 39.5 Å². The molecule has 2 N–H and O–H groups in total. The van der Waals surface area contributed by atoms with Gasteiger partial charge in [-0.2, -0.15) is 0 Å². The van der Waals surface area contributed by atoms with Crippen molar-refractivity contribution >= 4 is 12.0 Å². The van der Waals surface area contributed by atoms with Gasteiger partial charge in [-0.1, -0.05) is 19.8 Å². The van der Waals surface area contributed by atoms with Gasteiger partial charge >= 0.3 is 6.09 Å². The van der Waals surface area contributed by atoms with Crippen LogP contribution in [0.3, 0.4) is 0 Å². The van der Waals surface area contributed by atoms with E-state index in [1.807, 2.05) is 0 Å². The fraction of sp³-hybridized carbons (Fsp3) is 0.882. The molecule has 0 aromatic carbocycles. The molecule has 2 amide bonds. The van der Waals surface area contributed by atoms with Crippen LogP contribution in [0, 0.1) is 5.92 Å². The lowest BCUT2D eigenvalue weighted by atomic mass is 9.86. The highest BCUT2D eigenvalue weighted by atomic mass is 16.6. The van der Waals surface area contributed by atoms with Crippen LogP contribution in [0.15, 0.2) is 0 Å². The molecular formula is C17H30N2O4. The summed E-state index contributed by atoms with van der Waals surface area (Å²) in [5.74, 6) is 0.278. The number of amides is 2. The molecule has 1 heterocycles. The molecule has 132 valence electrons. The van der Waals surface area contributed by atoms with Crippen LogP contribution < -0.4 is 5.32 Å². The van der Waals surface area contributed by atoms with Gasteiger partial charge in [0.05, 0.1) is 12.6 Å². The van der Waals surface area contributed by atoms with Gasteiger partial charge < -0.3 is 15.2 Å². The Morgan fingerprint density at radius 2 is 1.87 bits per heavy atom. The van der Waals surface area contributed by atoms with E-state index in [0.29, 0.717) is 5.92 Å². The smallest absolute Gasteiger partial charge is 0.411 e. The first-order chi connectivity index (χ1) is 10.7. The van der Waals surface area contributed by atoms with E-state index in [0.717, 1.165) is 19.3 Å². The SMILES string of the molecule is C[C@@H]1CCCC[C@H]1NC(=O)[C@@H]1C[C@@H](O)CN1C(=O)OC(C)(C)C. The molecule has 2 fully saturated rings. The number of hydrogen-bond acceptors (Lipinski definition) is 4. The zero-order chi connectivity index (χ0) is 17.2. The molecule has 6 heteroatoms. The number of aliphatic hydroxyl groups excluding tert-OH is 1. The minimum Gasteiger partial charge on any atom is -0.444 e. The Morgan fingerprint density at radius 3 is 2.48 bits per heavy atom. The highest BCUT2D eigenvalue weighted by Crippen LogP contribution is 2.26. The van der Waals surface area contributed by atoms with Crippen molar-refractivity contribution in [2.45, 2.75) is 83.6 Å². The minimum atomic E-state index is -0.679. The molecule has 1 saturated carbocycles. The summed E-state index contributed by atoms with van der Waals surface area (Å²) in [6.07, 6.45) is 3.49. The summed E-state index contributed by atoms with van der Waals surface area (Å²) in [5, 5.41) is 13.0. The molecule has 4 atom stereocenters. The molecule has 0 bridgehead atoms. The fourth-order valence-corrected chi connectivity index (χ4v) is 3.39. The molecular weight excluding hydrogens is 296 g/mol. The lowest BCUT2D eigenvalue weighted by Gasteiger charge is -2.32. The Bertz CT molecular complexity index is 446. The van der Waals surface area contributed by atoms with E-state index < -0.39 is 23.8 Å². The maximum absolute atomic E-state index is 12.6. The Hall–Kier alpha value is -1.30. The molecule has 6 nitrogen and oxygen atoms in total. The Labute approximate surface area is 138 Å². The first kappa shape index (κ1) is 18.0. The maximum atomic E-state index is 12.6. The lowest BCUT2D eigenvalue weighted by molar-refractivity contribution is -0.126. The van der Waals surface area contributed by atoms with Gasteiger partial charge in [0.1, 0.15) is 11.6 Å². The molecule has 2 rings (SSSR count). The predicted octanol–water partition coefficient (Wildman–Crippen LogP) is 2.05. The second-order valence-electron chi connectivity index (χ2n) is 7.91. The van der Waals surface area contributed by atoms with Gasteiger partial charge in [0.2, 0.25) is 5.91 Å². The van der Waals surface area contributed by atoms with Crippen molar-refractivity contribution in [1.29, 1.82) is 0 Å². The Balaban J connectivity index is 2.00. The average molecular weight is 326 g/mol. The number of nitrogens with zero attached hydrogens (tertiary/aromatic N) is 1. The monoisotopic (exact) mass is 326 g/mol. The first-order valence-electron chi connectivity index (χ1n) is 8.65. The summed E-state index contributed by atoms with van der Waals surface area (Å²) in [6, 6.07) is -0.483. The van der Waals surface area contributed by atoms with Crippen LogP contribution in [0.2, 0.25) is 0 Å². The second-order valence-corrected chi connectivity index (χ2v) is 7.91. The topological polar surface area (TPSA) is 78.9 Å². The first-order valence-corrected chi connectivity index (χ1v) is 8.65. The fourth-order valence-electron chi connectivity index (χ4n) is 3.39. The molecule has 23 heavy (non-hydrogen) atoms. The van der Waals surface area contributed by atoms with Crippen LogP contribution in [0.5, 0.6) is 0 Å². The summed E-state index contributed by atoms with van der Waals surface area (Å²) in [7, 11) is 0. The Kier molecular flexibility index (Phi) is 5.55. The third-order valence-corrected chi connectivity index (χ3v) is 4.65. The quantitative estimate of drug-likeness (QED) is 0.814. The van der Waals surface area contributed by atoms with Crippen LogP contribution in [0.25, 0.3) is 0 Å². The van der Waals surface area contributed by atoms with Gasteiger partial charge in [0, 0.05) is 12.5 Å². The summed E-state index contributed by atoms with van der Waals surface area (Å²) in [5.41, 5.74) is -0.621. The van der Waals surface area contributed by atoms with Crippen LogP contribution >= 0.6 is 0 Å². The third-order valence-electron chi connectivity index (χ3n) is 4.65. The van der Waals surface area contributed by atoms with Crippen LogP contribution in [0.4, 0.5) is 4.79 Å². The molecule has 1 aliphatic carbocycles. The molecule has 1 saturated heterocycles. The van der Waals surface area contributed by atoms with Gasteiger partial charge in [-0.3, -0.25) is 9.69 Å². The minimum absolute atomic E-state index is 0.146. The highest BCUT2D eigenvalue weighted by molar-refractivity contribution is 5.86. The van der Waals surface area contributed by atoms with Crippen LogP contribution in [-0.2, 0) is 9.53 Å². The second kappa shape index (κ2) is 7.07. The summed E-state index contributed by atoms with van der Waals surface area (Å²) in [4.78, 5) is 26.3. The number of β-amino-alcohol motifs (C(OH)–C–C–N with tert-alkyl or cyclic N) is 1. The zero-order valence-electron chi connectivity index (χ0n) is 14.7. The van der Waals surface area contributed by atoms with Gasteiger partial charge in [0.25, 0.3) is 0 Å². The van der Waals surface area contributed by atoms with E-state index in [9.17, 15) is 14.7 Å². The molecule has 2 aliphatic rings. The van der Waals surface area contributed by atoms with Crippen molar-refractivity contribution in [3.05, 3.63) is 0 Å². The number of hydrogen-bond donors (Lipinski definition) is 2. The number of ether oxygens (including phenoxy) is 1. The number of carbonyl (C=O) groups is 2. The van der Waals surface area contributed by atoms with Crippen LogP contribution in [0.1, 0.15) is 59.8 Å². The predicted molar refractivity (Wildman–Crippen MR) is 86.9 cm³/mol. The molecule has 0 spiro atoms. The van der Waals surface area contributed by atoms with Crippen molar-refractivity contribution < 1.29 is 19.4 Å². The molecule has 0 radical (unpaired) electrons. The van der Waals surface area contributed by atoms with Gasteiger partial charge in [0.15, 0.2) is 0 Å². The summed E-state index contributed by atoms with van der Waals surface area (Å²) >= 11 is 0. The molecule has 0 aromatic rings. The number of carbonyl (C=O) groups excluding carboxylic acids is 2. The molecule has 0 aromatic heterocycles. The standard InChI is InChI=1S/C17H30N2O4/c1-11-7-5-6-8-13(11)18-15(21)14-9-12(20)10-19(14)16(22)23-17(2,3)4/h11-14,20H,5-10H2,1-4H3,(H,18,21)/t11-,12-,13-,14+/m1/s1. The molecule has 1 aliphatic heterocycles. The van der Waals surface area contributed by atoms with Crippen molar-refractivity contribution in [3.8, 4) is 0 Å². The highest BCUT2D eigenvalue weighted by Gasteiger charge is 2.41. The zero-order valence-corrected chi connectivity index (χ0v) is 14.7. The molecule has 0 unspecified atom stereocenters. The van der Waals surface area contributed by atoms with Gasteiger partial charge in [-0.25, -0.2) is 4.79 Å². The number of aliphatic hydroxyl groups is 1. The van der Waals surface area contributed by atoms with Crippen molar-refractivity contribution in [1.82, 2.24) is 10.2 Å². The average Bonchev–Trinajstić information content (AvgIpc) is 2.82. The van der Waals surface area contributed by atoms with E-state index in [1.165, 1.54) is 11.3 Å². The van der Waals surface area contributed by atoms with Crippen LogP contribution in [-0.4, -0.2) is 52.3 Å². The number of nitrogens with one attached hydrogen (secondary N) is 1. The van der Waals surface area contributed by atoms with E-state index in [-0.39, 0.29) is 24.9 Å². The van der Waals surface area contributed by atoms with E-state index in [2.05, 4.69) is 12.2 Å². The van der Waals surface area contributed by atoms with E-state index in [1.54, 1.807) is 20.8 Å². The number of likely N-dealkylation sites (tertiary alicyclic amines) is 1. The third kappa shape index (κ3) is 4.83. The Morgan fingerprint density at radius 1 is 1.22 bits per heavy atom. The van der Waals surface area contributed by atoms with Gasteiger partial charge in [-0.15, -0.1) is 0 Å². The summed E-state index contributed by atoms with van der Waals surface area (Å²) < 4.78 is 5.36. The van der Waals surface area contributed by atoms with E-state index in [4.69, 9.17) is 4.74 Å². The number of rotatable bonds is 2. The van der Waals surface area contributed by atoms with Crippen molar-refractivity contribution in [2.75, 3.05) is 6.54 Å². The maximum Gasteiger partial charge on any atom is 0.411 e. The van der Waals surface area contributed by atoms with E-state index >= 15 is 0 Å². The van der Waals surface area contributed by atoms with Crippen molar-refractivity contribution in [3.63, 3.8) is 0 Å². The normalized spacial score (nSPS) is 31.8.